The summed E-state index contributed by atoms with van der Waals surface area (Å²) in [6.45, 7) is 11.0. The van der Waals surface area contributed by atoms with E-state index in [0.717, 1.165) is 18.4 Å². The fourth-order valence-corrected chi connectivity index (χ4v) is 4.17. The Morgan fingerprint density at radius 2 is 1.89 bits per heavy atom. The van der Waals surface area contributed by atoms with Crippen LogP contribution in [0.25, 0.3) is 6.08 Å². The van der Waals surface area contributed by atoms with Crippen molar-refractivity contribution in [2.24, 2.45) is 0 Å². The van der Waals surface area contributed by atoms with Gasteiger partial charge in [-0.15, -0.1) is 0 Å². The van der Waals surface area contributed by atoms with Crippen molar-refractivity contribution >= 4 is 41.7 Å². The third-order valence-corrected chi connectivity index (χ3v) is 6.19. The molecule has 0 fully saturated rings. The lowest BCUT2D eigenvalue weighted by molar-refractivity contribution is -0.144. The molecule has 0 saturated carbocycles. The molecule has 0 aliphatic rings. The van der Waals surface area contributed by atoms with Crippen LogP contribution in [-0.4, -0.2) is 72.6 Å². The average molecular weight is 550 g/mol. The number of benzene rings is 1. The van der Waals surface area contributed by atoms with E-state index in [1.165, 1.54) is 12.0 Å². The minimum absolute atomic E-state index is 0.285. The second-order valence-electron chi connectivity index (χ2n) is 9.79. The van der Waals surface area contributed by atoms with Crippen LogP contribution >= 0.6 is 11.8 Å². The Kier molecular flexibility index (Phi) is 14.6. The largest absolute Gasteiger partial charge is 0.468 e. The first-order valence-electron chi connectivity index (χ1n) is 12.8. The van der Waals surface area contributed by atoms with Crippen LogP contribution in [0.5, 0.6) is 0 Å². The number of rotatable bonds is 15. The highest BCUT2D eigenvalue weighted by Crippen LogP contribution is 2.25. The van der Waals surface area contributed by atoms with Gasteiger partial charge in [0.1, 0.15) is 24.2 Å². The van der Waals surface area contributed by atoms with Gasteiger partial charge >= 0.3 is 12.1 Å². The van der Waals surface area contributed by atoms with E-state index in [4.69, 9.17) is 4.74 Å². The molecule has 0 radical (unpaired) electrons. The molecule has 0 aliphatic carbocycles. The fraction of sp³-hybridized carbons (Fsp3) is 0.571. The van der Waals surface area contributed by atoms with E-state index in [2.05, 4.69) is 21.9 Å². The van der Waals surface area contributed by atoms with Gasteiger partial charge in [0.15, 0.2) is 0 Å². The lowest BCUT2D eigenvalue weighted by Crippen LogP contribution is -2.53. The summed E-state index contributed by atoms with van der Waals surface area (Å²) in [5.41, 5.74) is 0.606. The minimum Gasteiger partial charge on any atom is -0.468 e. The molecule has 212 valence electrons. The SMILES string of the molecule is C=Cc1cccc(C(C(=O)NCC(=O)OC)N(CCCCC)C(=O)C(CCSC)NC(=O)OC(C)(C)C)c1. The number of ether oxygens (including phenoxy) is 2. The molecule has 9 nitrogen and oxygen atoms in total. The molecule has 0 aliphatic heterocycles. The van der Waals surface area contributed by atoms with Gasteiger partial charge in [0.05, 0.1) is 7.11 Å². The zero-order valence-corrected chi connectivity index (χ0v) is 24.3. The molecule has 1 rings (SSSR count). The molecule has 2 unspecified atom stereocenters. The number of nitrogens with one attached hydrogen (secondary N) is 2. The number of esters is 1. The summed E-state index contributed by atoms with van der Waals surface area (Å²) in [4.78, 5) is 53.5. The van der Waals surface area contributed by atoms with E-state index in [-0.39, 0.29) is 13.1 Å². The number of amides is 3. The third kappa shape index (κ3) is 11.6. The van der Waals surface area contributed by atoms with Crippen LogP contribution in [0.4, 0.5) is 4.79 Å². The van der Waals surface area contributed by atoms with Gasteiger partial charge in [-0.1, -0.05) is 50.6 Å². The molecule has 38 heavy (non-hydrogen) atoms. The van der Waals surface area contributed by atoms with Crippen molar-refractivity contribution in [3.05, 3.63) is 42.0 Å². The lowest BCUT2D eigenvalue weighted by Gasteiger charge is -2.34. The van der Waals surface area contributed by atoms with Crippen LogP contribution in [0.3, 0.4) is 0 Å². The Morgan fingerprint density at radius 3 is 2.47 bits per heavy atom. The molecule has 0 saturated heterocycles. The van der Waals surface area contributed by atoms with Crippen LogP contribution in [0.1, 0.15) is 70.5 Å². The number of thioether (sulfide) groups is 1. The fourth-order valence-electron chi connectivity index (χ4n) is 3.70. The minimum atomic E-state index is -1.04. The smallest absolute Gasteiger partial charge is 0.408 e. The monoisotopic (exact) mass is 549 g/mol. The van der Waals surface area contributed by atoms with Crippen LogP contribution in [0.15, 0.2) is 30.8 Å². The summed E-state index contributed by atoms with van der Waals surface area (Å²) in [6.07, 6.45) is 5.64. The molecule has 0 spiro atoms. The molecular formula is C28H43N3O6S. The van der Waals surface area contributed by atoms with Crippen LogP contribution in [-0.2, 0) is 23.9 Å². The highest BCUT2D eigenvalue weighted by molar-refractivity contribution is 7.98. The Hall–Kier alpha value is -3.01. The molecule has 1 aromatic carbocycles. The van der Waals surface area contributed by atoms with Gasteiger partial charge in [-0.25, -0.2) is 4.79 Å². The molecule has 10 heteroatoms. The van der Waals surface area contributed by atoms with Crippen molar-refractivity contribution in [2.75, 3.05) is 32.2 Å². The van der Waals surface area contributed by atoms with Gasteiger partial charge in [0, 0.05) is 6.54 Å². The van der Waals surface area contributed by atoms with Gasteiger partial charge in [-0.2, -0.15) is 11.8 Å². The number of nitrogens with zero attached hydrogens (tertiary/aromatic N) is 1. The summed E-state index contributed by atoms with van der Waals surface area (Å²) in [7, 11) is 1.23. The first-order valence-corrected chi connectivity index (χ1v) is 14.2. The molecule has 3 amide bonds. The van der Waals surface area contributed by atoms with Gasteiger partial charge < -0.3 is 25.0 Å². The molecule has 2 atom stereocenters. The average Bonchev–Trinajstić information content (AvgIpc) is 2.87. The Bertz CT molecular complexity index is 947. The van der Waals surface area contributed by atoms with Crippen molar-refractivity contribution in [2.45, 2.75) is 71.1 Å². The van der Waals surface area contributed by atoms with E-state index in [9.17, 15) is 19.2 Å². The molecular weight excluding hydrogens is 506 g/mol. The molecule has 2 N–H and O–H groups in total. The number of hydrogen-bond acceptors (Lipinski definition) is 7. The summed E-state index contributed by atoms with van der Waals surface area (Å²) in [5.74, 6) is -0.920. The van der Waals surface area contributed by atoms with Crippen molar-refractivity contribution in [1.29, 1.82) is 0 Å². The maximum absolute atomic E-state index is 14.1. The predicted octanol–water partition coefficient (Wildman–Crippen LogP) is 4.33. The summed E-state index contributed by atoms with van der Waals surface area (Å²) in [5, 5.41) is 5.32. The zero-order valence-electron chi connectivity index (χ0n) is 23.5. The third-order valence-electron chi connectivity index (χ3n) is 5.54. The van der Waals surface area contributed by atoms with Crippen molar-refractivity contribution in [3.8, 4) is 0 Å². The lowest BCUT2D eigenvalue weighted by atomic mass is 9.99. The van der Waals surface area contributed by atoms with Crippen molar-refractivity contribution in [3.63, 3.8) is 0 Å². The van der Waals surface area contributed by atoms with Gasteiger partial charge in [0.2, 0.25) is 11.8 Å². The van der Waals surface area contributed by atoms with E-state index in [1.807, 2.05) is 19.2 Å². The van der Waals surface area contributed by atoms with E-state index >= 15 is 0 Å². The van der Waals surface area contributed by atoms with Crippen LogP contribution < -0.4 is 10.6 Å². The summed E-state index contributed by atoms with van der Waals surface area (Å²) >= 11 is 1.55. The Balaban J connectivity index is 3.50. The van der Waals surface area contributed by atoms with Crippen LogP contribution in [0, 0.1) is 0 Å². The number of methoxy groups -OCH3 is 1. The molecule has 0 aromatic heterocycles. The van der Waals surface area contributed by atoms with E-state index in [1.54, 1.807) is 56.8 Å². The summed E-state index contributed by atoms with van der Waals surface area (Å²) in [6, 6.07) is 5.22. The van der Waals surface area contributed by atoms with Gasteiger partial charge in [0.25, 0.3) is 0 Å². The normalized spacial score (nSPS) is 12.6. The number of carbonyl (C=O) groups excluding carboxylic acids is 4. The summed E-state index contributed by atoms with van der Waals surface area (Å²) < 4.78 is 10.1. The molecule has 1 aromatic rings. The van der Waals surface area contributed by atoms with Gasteiger partial charge in [-0.3, -0.25) is 14.4 Å². The molecule has 0 heterocycles. The van der Waals surface area contributed by atoms with Crippen molar-refractivity contribution in [1.82, 2.24) is 15.5 Å². The first kappa shape index (κ1) is 33.0. The highest BCUT2D eigenvalue weighted by Gasteiger charge is 2.36. The van der Waals surface area contributed by atoms with Gasteiger partial charge in [-0.05, 0) is 62.8 Å². The number of carbonyl (C=O) groups is 4. The predicted molar refractivity (Wildman–Crippen MR) is 152 cm³/mol. The second-order valence-corrected chi connectivity index (χ2v) is 10.8. The first-order chi connectivity index (χ1) is 18.0. The molecule has 0 bridgehead atoms. The zero-order chi connectivity index (χ0) is 28.7. The number of unbranched alkanes of at least 4 members (excludes halogenated alkanes) is 2. The Labute approximate surface area is 231 Å². The Morgan fingerprint density at radius 1 is 1.18 bits per heavy atom. The van der Waals surface area contributed by atoms with Crippen molar-refractivity contribution < 1.29 is 28.7 Å². The number of alkyl carbamates (subject to hydrolysis) is 1. The topological polar surface area (TPSA) is 114 Å². The van der Waals surface area contributed by atoms with Crippen LogP contribution in [0.2, 0.25) is 0 Å². The maximum atomic E-state index is 14.1. The maximum Gasteiger partial charge on any atom is 0.408 e. The standard InChI is InChI=1S/C28H43N3O6S/c1-8-10-11-16-31(26(34)22(15-17-38-7)30-27(35)37-28(3,4)5)24(25(33)29-19-23(32)36-6)21-14-12-13-20(9-2)18-21/h9,12-14,18,22,24H,2,8,10-11,15-17,19H2,1,3-7H3,(H,29,33)(H,30,35). The second kappa shape index (κ2) is 16.8. The van der Waals surface area contributed by atoms with E-state index < -0.39 is 41.6 Å². The quantitative estimate of drug-likeness (QED) is 0.247. The van der Waals surface area contributed by atoms with E-state index in [0.29, 0.717) is 24.2 Å². The number of hydrogen-bond donors (Lipinski definition) is 2. The highest BCUT2D eigenvalue weighted by atomic mass is 32.2.